The maximum absolute atomic E-state index is 12.7. The molecule has 0 bridgehead atoms. The third kappa shape index (κ3) is 3.07. The van der Waals surface area contributed by atoms with E-state index in [9.17, 15) is 4.39 Å². The van der Waals surface area contributed by atoms with Crippen LogP contribution in [-0.4, -0.2) is 56.7 Å². The van der Waals surface area contributed by atoms with Crippen LogP contribution in [-0.2, 0) is 0 Å². The van der Waals surface area contributed by atoms with E-state index in [1.165, 1.54) is 6.33 Å². The highest BCUT2D eigenvalue weighted by Gasteiger charge is 2.24. The van der Waals surface area contributed by atoms with Gasteiger partial charge in [-0.25, -0.2) is 19.3 Å². The molecule has 0 radical (unpaired) electrons. The molecule has 0 unspecified atom stereocenters. The quantitative estimate of drug-likeness (QED) is 0.650. The summed E-state index contributed by atoms with van der Waals surface area (Å²) in [5.41, 5.74) is 2.55. The zero-order valence-corrected chi connectivity index (χ0v) is 13.2. The highest BCUT2D eigenvalue weighted by atomic mass is 19.1. The van der Waals surface area contributed by atoms with E-state index in [1.807, 2.05) is 28.8 Å². The van der Waals surface area contributed by atoms with Crippen molar-refractivity contribution in [3.63, 3.8) is 0 Å². The summed E-state index contributed by atoms with van der Waals surface area (Å²) >= 11 is 0. The number of fused-ring (bicyclic) bond motifs is 1. The normalized spacial score (nSPS) is 15.5. The van der Waals surface area contributed by atoms with Crippen LogP contribution in [0.25, 0.3) is 17.0 Å². The van der Waals surface area contributed by atoms with Crippen molar-refractivity contribution >= 4 is 5.65 Å². The van der Waals surface area contributed by atoms with Crippen LogP contribution in [0.15, 0.2) is 43.1 Å². The van der Waals surface area contributed by atoms with Crippen molar-refractivity contribution in [2.75, 3.05) is 26.2 Å². The van der Waals surface area contributed by atoms with Crippen LogP contribution >= 0.6 is 0 Å². The third-order valence-corrected chi connectivity index (χ3v) is 4.13. The summed E-state index contributed by atoms with van der Waals surface area (Å²) in [4.78, 5) is 14.7. The Morgan fingerprint density at radius 1 is 1.25 bits per heavy atom. The molecule has 0 amide bonds. The number of hydrogen-bond donors (Lipinski definition) is 0. The molecule has 1 fully saturated rings. The molecule has 7 heteroatoms. The Morgan fingerprint density at radius 3 is 2.96 bits per heavy atom. The largest absolute Gasteiger partial charge is 0.493 e. The standard InChI is InChI=1S/C17H18FN5O/c18-13-10-22(11-13)5-1-7-24-14-3-6-23-16(9-20-17(23)8-14)15-2-4-19-12-21-15/h2-4,6,8-9,12-13H,1,5,7,10-11H2. The molecule has 4 heterocycles. The topological polar surface area (TPSA) is 55.6 Å². The Morgan fingerprint density at radius 2 is 2.17 bits per heavy atom. The van der Waals surface area contributed by atoms with Crippen LogP contribution in [0.5, 0.6) is 5.75 Å². The van der Waals surface area contributed by atoms with Crippen LogP contribution in [0.4, 0.5) is 4.39 Å². The maximum atomic E-state index is 12.7. The van der Waals surface area contributed by atoms with Crippen LogP contribution in [0.2, 0.25) is 0 Å². The molecule has 0 N–H and O–H groups in total. The lowest BCUT2D eigenvalue weighted by Gasteiger charge is -2.34. The van der Waals surface area contributed by atoms with Crippen molar-refractivity contribution in [1.82, 2.24) is 24.3 Å². The fraction of sp³-hybridized carbons (Fsp3) is 0.353. The fourth-order valence-corrected chi connectivity index (χ4v) is 2.85. The summed E-state index contributed by atoms with van der Waals surface area (Å²) in [6.07, 6.45) is 7.20. The average Bonchev–Trinajstić information content (AvgIpc) is 3.01. The predicted molar refractivity (Wildman–Crippen MR) is 87.7 cm³/mol. The zero-order valence-electron chi connectivity index (χ0n) is 13.2. The smallest absolute Gasteiger partial charge is 0.140 e. The molecule has 6 nitrogen and oxygen atoms in total. The van der Waals surface area contributed by atoms with Gasteiger partial charge in [-0.3, -0.25) is 9.30 Å². The molecule has 0 aromatic carbocycles. The van der Waals surface area contributed by atoms with Crippen LogP contribution in [0.3, 0.4) is 0 Å². The number of hydrogen-bond acceptors (Lipinski definition) is 5. The van der Waals surface area contributed by atoms with Gasteiger partial charge in [0, 0.05) is 38.1 Å². The fourth-order valence-electron chi connectivity index (χ4n) is 2.85. The van der Waals surface area contributed by atoms with Crippen molar-refractivity contribution in [3.8, 4) is 17.1 Å². The Balaban J connectivity index is 1.39. The van der Waals surface area contributed by atoms with Gasteiger partial charge in [0.1, 0.15) is 23.9 Å². The number of aromatic nitrogens is 4. The average molecular weight is 327 g/mol. The van der Waals surface area contributed by atoms with Gasteiger partial charge in [-0.2, -0.15) is 0 Å². The highest BCUT2D eigenvalue weighted by Crippen LogP contribution is 2.21. The van der Waals surface area contributed by atoms with Gasteiger partial charge < -0.3 is 4.74 Å². The Kier molecular flexibility index (Phi) is 4.08. The Hall–Kier alpha value is -2.54. The number of rotatable bonds is 6. The molecular formula is C17H18FN5O. The lowest BCUT2D eigenvalue weighted by molar-refractivity contribution is 0.0612. The zero-order chi connectivity index (χ0) is 16.4. The Bertz CT molecular complexity index is 816. The molecule has 0 spiro atoms. The van der Waals surface area contributed by atoms with E-state index in [1.54, 1.807) is 12.4 Å². The molecule has 3 aromatic rings. The summed E-state index contributed by atoms with van der Waals surface area (Å²) in [6, 6.07) is 5.68. The molecule has 4 rings (SSSR count). The molecular weight excluding hydrogens is 309 g/mol. The maximum Gasteiger partial charge on any atom is 0.140 e. The number of nitrogens with zero attached hydrogens (tertiary/aromatic N) is 5. The summed E-state index contributed by atoms with van der Waals surface area (Å²) in [6.45, 7) is 2.62. The molecule has 24 heavy (non-hydrogen) atoms. The van der Waals surface area contributed by atoms with Crippen molar-refractivity contribution in [2.45, 2.75) is 12.6 Å². The van der Waals surface area contributed by atoms with Gasteiger partial charge in [0.2, 0.25) is 0 Å². The van der Waals surface area contributed by atoms with Gasteiger partial charge in [-0.1, -0.05) is 0 Å². The van der Waals surface area contributed by atoms with Crippen LogP contribution in [0, 0.1) is 0 Å². The minimum Gasteiger partial charge on any atom is -0.493 e. The second kappa shape index (κ2) is 6.52. The number of pyridine rings is 1. The van der Waals surface area contributed by atoms with Gasteiger partial charge in [0.25, 0.3) is 0 Å². The highest BCUT2D eigenvalue weighted by molar-refractivity contribution is 5.60. The van der Waals surface area contributed by atoms with Gasteiger partial charge in [-0.15, -0.1) is 0 Å². The molecule has 124 valence electrons. The molecule has 0 saturated carbocycles. The van der Waals surface area contributed by atoms with Gasteiger partial charge in [-0.05, 0) is 18.6 Å². The minimum absolute atomic E-state index is 0.561. The molecule has 1 aliphatic rings. The second-order valence-corrected chi connectivity index (χ2v) is 5.89. The molecule has 0 aliphatic carbocycles. The van der Waals surface area contributed by atoms with Crippen LogP contribution < -0.4 is 4.74 Å². The first-order valence-corrected chi connectivity index (χ1v) is 8.02. The molecule has 0 atom stereocenters. The van der Waals surface area contributed by atoms with Gasteiger partial charge in [0.05, 0.1) is 24.2 Å². The van der Waals surface area contributed by atoms with E-state index in [0.29, 0.717) is 19.7 Å². The monoisotopic (exact) mass is 327 g/mol. The molecule has 1 saturated heterocycles. The number of ether oxygens (including phenoxy) is 1. The van der Waals surface area contributed by atoms with Crippen molar-refractivity contribution in [2.24, 2.45) is 0 Å². The first-order valence-electron chi connectivity index (χ1n) is 8.02. The lowest BCUT2D eigenvalue weighted by Crippen LogP contribution is -2.48. The van der Waals surface area contributed by atoms with E-state index in [0.717, 1.165) is 35.8 Å². The van der Waals surface area contributed by atoms with Crippen molar-refractivity contribution in [3.05, 3.63) is 43.1 Å². The number of imidazole rings is 1. The van der Waals surface area contributed by atoms with E-state index < -0.39 is 6.17 Å². The summed E-state index contributed by atoms with van der Waals surface area (Å²) in [5.74, 6) is 0.786. The summed E-state index contributed by atoms with van der Waals surface area (Å²) in [7, 11) is 0. The lowest BCUT2D eigenvalue weighted by atomic mass is 10.2. The summed E-state index contributed by atoms with van der Waals surface area (Å²) in [5, 5.41) is 0. The van der Waals surface area contributed by atoms with E-state index in [2.05, 4.69) is 19.9 Å². The SMILES string of the molecule is FC1CN(CCCOc2ccn3c(-c4ccncn4)cnc3c2)C1. The first kappa shape index (κ1) is 15.0. The third-order valence-electron chi connectivity index (χ3n) is 4.13. The first-order chi connectivity index (χ1) is 11.8. The molecule has 3 aromatic heterocycles. The molecule has 1 aliphatic heterocycles. The van der Waals surface area contributed by atoms with Crippen molar-refractivity contribution < 1.29 is 9.13 Å². The van der Waals surface area contributed by atoms with Gasteiger partial charge >= 0.3 is 0 Å². The second-order valence-electron chi connectivity index (χ2n) is 5.89. The predicted octanol–water partition coefficient (Wildman–Crippen LogP) is 2.21. The van der Waals surface area contributed by atoms with E-state index in [4.69, 9.17) is 4.74 Å². The van der Waals surface area contributed by atoms with E-state index >= 15 is 0 Å². The van der Waals surface area contributed by atoms with Gasteiger partial charge in [0.15, 0.2) is 0 Å². The minimum atomic E-state index is -0.641. The number of halogens is 1. The number of likely N-dealkylation sites (tertiary alicyclic amines) is 1. The summed E-state index contributed by atoms with van der Waals surface area (Å²) < 4.78 is 20.5. The number of alkyl halides is 1. The Labute approximate surface area is 138 Å². The van der Waals surface area contributed by atoms with E-state index in [-0.39, 0.29) is 0 Å². The van der Waals surface area contributed by atoms with Crippen molar-refractivity contribution in [1.29, 1.82) is 0 Å². The van der Waals surface area contributed by atoms with Crippen LogP contribution in [0.1, 0.15) is 6.42 Å².